The molecule has 0 radical (unpaired) electrons. The summed E-state index contributed by atoms with van der Waals surface area (Å²) in [5.41, 5.74) is 2.91. The van der Waals surface area contributed by atoms with Crippen molar-refractivity contribution in [3.63, 3.8) is 0 Å². The first kappa shape index (κ1) is 14.4. The molecule has 0 heterocycles. The van der Waals surface area contributed by atoms with E-state index in [1.54, 1.807) is 6.92 Å². The van der Waals surface area contributed by atoms with E-state index in [0.29, 0.717) is 25.9 Å². The lowest BCUT2D eigenvalue weighted by Gasteiger charge is -2.04. The summed E-state index contributed by atoms with van der Waals surface area (Å²) in [6.07, 6.45) is 1.25. The van der Waals surface area contributed by atoms with Gasteiger partial charge in [-0.2, -0.15) is 0 Å². The molecule has 0 aromatic heterocycles. The summed E-state index contributed by atoms with van der Waals surface area (Å²) in [4.78, 5) is 23.1. The van der Waals surface area contributed by atoms with E-state index in [4.69, 9.17) is 4.74 Å². The van der Waals surface area contributed by atoms with Crippen LogP contribution < -0.4 is 0 Å². The van der Waals surface area contributed by atoms with Gasteiger partial charge in [-0.05, 0) is 39.3 Å². The van der Waals surface area contributed by atoms with Crippen molar-refractivity contribution in [3.8, 4) is 0 Å². The van der Waals surface area contributed by atoms with Crippen molar-refractivity contribution in [1.29, 1.82) is 0 Å². The third kappa shape index (κ3) is 4.70. The van der Waals surface area contributed by atoms with Crippen molar-refractivity contribution in [1.82, 2.24) is 0 Å². The van der Waals surface area contributed by atoms with E-state index in [0.717, 1.165) is 16.7 Å². The molecule has 0 fully saturated rings. The monoisotopic (exact) mass is 248 g/mol. The maximum Gasteiger partial charge on any atom is 0.305 e. The first-order valence-electron chi connectivity index (χ1n) is 6.30. The number of hydrogen-bond donors (Lipinski definition) is 0. The molecular formula is C15H20O3. The van der Waals surface area contributed by atoms with Crippen LogP contribution in [0.25, 0.3) is 0 Å². The van der Waals surface area contributed by atoms with Crippen LogP contribution in [0.3, 0.4) is 0 Å². The van der Waals surface area contributed by atoms with Crippen LogP contribution >= 0.6 is 0 Å². The van der Waals surface area contributed by atoms with Gasteiger partial charge in [-0.3, -0.25) is 9.59 Å². The summed E-state index contributed by atoms with van der Waals surface area (Å²) in [6.45, 7) is 6.12. The normalized spacial score (nSPS) is 10.2. The molecule has 18 heavy (non-hydrogen) atoms. The molecule has 1 rings (SSSR count). The maximum absolute atomic E-state index is 11.9. The Morgan fingerprint density at radius 3 is 2.22 bits per heavy atom. The number of rotatable bonds is 6. The lowest BCUT2D eigenvalue weighted by Crippen LogP contribution is -2.06. The van der Waals surface area contributed by atoms with Gasteiger partial charge in [0.15, 0.2) is 5.78 Å². The zero-order chi connectivity index (χ0) is 13.5. The van der Waals surface area contributed by atoms with Crippen LogP contribution in [0.15, 0.2) is 18.2 Å². The minimum absolute atomic E-state index is 0.0890. The number of Topliss-reactive ketones (excluding diaryl/α,β-unsaturated/α-hetero) is 1. The Hall–Kier alpha value is -1.64. The van der Waals surface area contributed by atoms with E-state index < -0.39 is 0 Å². The SMILES string of the molecule is CCOC(=O)CCCC(=O)c1cc(C)cc(C)c1. The van der Waals surface area contributed by atoms with Crippen LogP contribution in [-0.4, -0.2) is 18.4 Å². The zero-order valence-electron chi connectivity index (χ0n) is 11.3. The Morgan fingerprint density at radius 2 is 1.67 bits per heavy atom. The first-order valence-corrected chi connectivity index (χ1v) is 6.30. The van der Waals surface area contributed by atoms with Gasteiger partial charge in [0.1, 0.15) is 0 Å². The third-order valence-corrected chi connectivity index (χ3v) is 2.63. The van der Waals surface area contributed by atoms with Crippen molar-refractivity contribution in [2.75, 3.05) is 6.61 Å². The van der Waals surface area contributed by atoms with Crippen LogP contribution in [0.1, 0.15) is 47.7 Å². The molecular weight excluding hydrogens is 228 g/mol. The Labute approximate surface area is 108 Å². The van der Waals surface area contributed by atoms with Gasteiger partial charge in [-0.15, -0.1) is 0 Å². The second-order valence-corrected chi connectivity index (χ2v) is 4.46. The minimum atomic E-state index is -0.231. The van der Waals surface area contributed by atoms with Gasteiger partial charge < -0.3 is 4.74 Å². The van der Waals surface area contributed by atoms with Gasteiger partial charge in [0.05, 0.1) is 6.61 Å². The van der Waals surface area contributed by atoms with Crippen molar-refractivity contribution in [3.05, 3.63) is 34.9 Å². The number of ketones is 1. The minimum Gasteiger partial charge on any atom is -0.466 e. The van der Waals surface area contributed by atoms with Gasteiger partial charge in [-0.1, -0.05) is 17.2 Å². The fraction of sp³-hybridized carbons (Fsp3) is 0.467. The van der Waals surface area contributed by atoms with E-state index >= 15 is 0 Å². The molecule has 0 aliphatic carbocycles. The number of esters is 1. The van der Waals surface area contributed by atoms with Gasteiger partial charge in [0.25, 0.3) is 0 Å². The van der Waals surface area contributed by atoms with Crippen molar-refractivity contribution in [2.45, 2.75) is 40.0 Å². The van der Waals surface area contributed by atoms with Crippen LogP contribution in [0, 0.1) is 13.8 Å². The molecule has 0 atom stereocenters. The molecule has 0 aliphatic heterocycles. The molecule has 0 amide bonds. The highest BCUT2D eigenvalue weighted by molar-refractivity contribution is 5.96. The van der Waals surface area contributed by atoms with E-state index in [9.17, 15) is 9.59 Å². The van der Waals surface area contributed by atoms with E-state index in [1.807, 2.05) is 32.0 Å². The van der Waals surface area contributed by atoms with E-state index in [-0.39, 0.29) is 11.8 Å². The van der Waals surface area contributed by atoms with Gasteiger partial charge in [0, 0.05) is 18.4 Å². The van der Waals surface area contributed by atoms with E-state index in [1.165, 1.54) is 0 Å². The third-order valence-electron chi connectivity index (χ3n) is 2.63. The zero-order valence-corrected chi connectivity index (χ0v) is 11.3. The molecule has 0 saturated heterocycles. The highest BCUT2D eigenvalue weighted by Gasteiger charge is 2.09. The number of ether oxygens (including phenoxy) is 1. The second kappa shape index (κ2) is 6.94. The van der Waals surface area contributed by atoms with Crippen LogP contribution in [0.4, 0.5) is 0 Å². The first-order chi connectivity index (χ1) is 8.52. The smallest absolute Gasteiger partial charge is 0.305 e. The summed E-state index contributed by atoms with van der Waals surface area (Å²) < 4.78 is 4.82. The number of carbonyl (C=O) groups excluding carboxylic acids is 2. The fourth-order valence-corrected chi connectivity index (χ4v) is 1.91. The standard InChI is InChI=1S/C15H20O3/c1-4-18-15(17)7-5-6-14(16)13-9-11(2)8-12(3)10-13/h8-10H,4-7H2,1-3H3. The lowest BCUT2D eigenvalue weighted by molar-refractivity contribution is -0.143. The fourth-order valence-electron chi connectivity index (χ4n) is 1.91. The Bertz CT molecular complexity index is 415. The molecule has 0 unspecified atom stereocenters. The van der Waals surface area contributed by atoms with Crippen molar-refractivity contribution in [2.24, 2.45) is 0 Å². The largest absolute Gasteiger partial charge is 0.466 e. The summed E-state index contributed by atoms with van der Waals surface area (Å²) in [7, 11) is 0. The van der Waals surface area contributed by atoms with Gasteiger partial charge in [0.2, 0.25) is 0 Å². The van der Waals surface area contributed by atoms with Crippen LogP contribution in [-0.2, 0) is 9.53 Å². The van der Waals surface area contributed by atoms with Gasteiger partial charge >= 0.3 is 5.97 Å². The average Bonchev–Trinajstić information content (AvgIpc) is 2.27. The van der Waals surface area contributed by atoms with Crippen LogP contribution in [0.2, 0.25) is 0 Å². The number of benzene rings is 1. The quantitative estimate of drug-likeness (QED) is 0.573. The number of carbonyl (C=O) groups is 2. The molecule has 0 N–H and O–H groups in total. The Balaban J connectivity index is 2.48. The summed E-state index contributed by atoms with van der Waals surface area (Å²) >= 11 is 0. The highest BCUT2D eigenvalue weighted by atomic mass is 16.5. The highest BCUT2D eigenvalue weighted by Crippen LogP contribution is 2.12. The maximum atomic E-state index is 11.9. The molecule has 0 bridgehead atoms. The van der Waals surface area contributed by atoms with E-state index in [2.05, 4.69) is 0 Å². The number of hydrogen-bond acceptors (Lipinski definition) is 3. The number of aryl methyl sites for hydroxylation is 2. The lowest BCUT2D eigenvalue weighted by atomic mass is 10.0. The molecule has 3 heteroatoms. The predicted molar refractivity (Wildman–Crippen MR) is 70.7 cm³/mol. The summed E-state index contributed by atoms with van der Waals surface area (Å²) in [6, 6.07) is 5.81. The molecule has 1 aromatic carbocycles. The Morgan fingerprint density at radius 1 is 1.06 bits per heavy atom. The van der Waals surface area contributed by atoms with Crippen LogP contribution in [0.5, 0.6) is 0 Å². The van der Waals surface area contributed by atoms with Gasteiger partial charge in [-0.25, -0.2) is 0 Å². The molecule has 98 valence electrons. The molecule has 3 nitrogen and oxygen atoms in total. The molecule has 0 aliphatic rings. The van der Waals surface area contributed by atoms with Crippen molar-refractivity contribution < 1.29 is 14.3 Å². The molecule has 0 spiro atoms. The summed E-state index contributed by atoms with van der Waals surface area (Å²) in [5.74, 6) is -0.142. The average molecular weight is 248 g/mol. The molecule has 1 aromatic rings. The van der Waals surface area contributed by atoms with Crippen molar-refractivity contribution >= 4 is 11.8 Å². The Kier molecular flexibility index (Phi) is 5.56. The topological polar surface area (TPSA) is 43.4 Å². The predicted octanol–water partition coefficient (Wildman–Crippen LogP) is 3.22. The molecule has 0 saturated carbocycles. The second-order valence-electron chi connectivity index (χ2n) is 4.46. The summed E-state index contributed by atoms with van der Waals surface area (Å²) in [5, 5.41) is 0.